The number of benzene rings is 1. The summed E-state index contributed by atoms with van der Waals surface area (Å²) in [6, 6.07) is 6.77. The molecule has 1 aromatic rings. The van der Waals surface area contributed by atoms with E-state index in [0.717, 1.165) is 18.1 Å². The first-order chi connectivity index (χ1) is 7.74. The van der Waals surface area contributed by atoms with Crippen molar-refractivity contribution in [2.45, 2.75) is 25.3 Å². The lowest BCUT2D eigenvalue weighted by Crippen LogP contribution is -2.29. The van der Waals surface area contributed by atoms with E-state index in [4.69, 9.17) is 4.74 Å². The molecule has 0 radical (unpaired) electrons. The van der Waals surface area contributed by atoms with Crippen LogP contribution in [0.1, 0.15) is 18.4 Å². The molecule has 0 bridgehead atoms. The van der Waals surface area contributed by atoms with Crippen molar-refractivity contribution in [3.05, 3.63) is 28.2 Å². The van der Waals surface area contributed by atoms with Crippen LogP contribution >= 0.6 is 15.9 Å². The van der Waals surface area contributed by atoms with Crippen LogP contribution in [-0.4, -0.2) is 20.2 Å². The van der Waals surface area contributed by atoms with E-state index in [9.17, 15) is 0 Å². The van der Waals surface area contributed by atoms with Crippen molar-refractivity contribution in [2.75, 3.05) is 14.2 Å². The minimum atomic E-state index is 0.600. The molecule has 0 aromatic heterocycles. The van der Waals surface area contributed by atoms with Gasteiger partial charge in [-0.25, -0.2) is 0 Å². The molecule has 16 heavy (non-hydrogen) atoms. The number of ether oxygens (including phenoxy) is 1. The predicted molar refractivity (Wildman–Crippen MR) is 70.0 cm³/mol. The first kappa shape index (κ1) is 11.9. The molecule has 0 aliphatic heterocycles. The van der Waals surface area contributed by atoms with E-state index in [2.05, 4.69) is 40.4 Å². The van der Waals surface area contributed by atoms with Crippen molar-refractivity contribution in [3.8, 4) is 5.75 Å². The van der Waals surface area contributed by atoms with Gasteiger partial charge >= 0.3 is 0 Å². The summed E-state index contributed by atoms with van der Waals surface area (Å²) in [7, 11) is 3.76. The average molecular weight is 284 g/mol. The van der Waals surface area contributed by atoms with E-state index in [1.165, 1.54) is 22.9 Å². The Kier molecular flexibility index (Phi) is 3.87. The van der Waals surface area contributed by atoms with Crippen LogP contribution < -0.4 is 10.1 Å². The summed E-state index contributed by atoms with van der Waals surface area (Å²) in [5.41, 5.74) is 1.32. The Labute approximate surface area is 106 Å². The van der Waals surface area contributed by atoms with Crippen LogP contribution in [0.25, 0.3) is 0 Å². The third-order valence-electron chi connectivity index (χ3n) is 3.25. The molecule has 1 aliphatic carbocycles. The number of rotatable bonds is 5. The van der Waals surface area contributed by atoms with Crippen molar-refractivity contribution in [3.63, 3.8) is 0 Å². The van der Waals surface area contributed by atoms with Gasteiger partial charge in [0.2, 0.25) is 0 Å². The molecule has 1 fully saturated rings. The normalized spacial score (nSPS) is 17.2. The zero-order valence-corrected chi connectivity index (χ0v) is 11.4. The number of hydrogen-bond acceptors (Lipinski definition) is 2. The summed E-state index contributed by atoms with van der Waals surface area (Å²) in [6.07, 6.45) is 3.80. The first-order valence-electron chi connectivity index (χ1n) is 5.74. The summed E-state index contributed by atoms with van der Waals surface area (Å²) >= 11 is 3.60. The van der Waals surface area contributed by atoms with Gasteiger partial charge in [0.05, 0.1) is 7.11 Å². The average Bonchev–Trinajstić information content (AvgIpc) is 3.12. The fraction of sp³-hybridized carbons (Fsp3) is 0.538. The molecule has 2 rings (SSSR count). The van der Waals surface area contributed by atoms with Crippen LogP contribution in [-0.2, 0) is 6.42 Å². The Morgan fingerprint density at radius 3 is 2.81 bits per heavy atom. The standard InChI is InChI=1S/C13H18BrNO/c1-15-13(9-3-4-9)8-10-7-11(16-2)5-6-12(10)14/h5-7,9,13,15H,3-4,8H2,1-2H3. The number of methoxy groups -OCH3 is 1. The molecule has 1 unspecified atom stereocenters. The maximum absolute atomic E-state index is 5.26. The van der Waals surface area contributed by atoms with Crippen molar-refractivity contribution in [1.82, 2.24) is 5.32 Å². The Bertz CT molecular complexity index is 363. The van der Waals surface area contributed by atoms with Crippen molar-refractivity contribution >= 4 is 15.9 Å². The monoisotopic (exact) mass is 283 g/mol. The zero-order chi connectivity index (χ0) is 11.5. The van der Waals surface area contributed by atoms with Gasteiger partial charge in [-0.3, -0.25) is 0 Å². The second kappa shape index (κ2) is 5.19. The summed E-state index contributed by atoms with van der Waals surface area (Å²) in [6.45, 7) is 0. The lowest BCUT2D eigenvalue weighted by Gasteiger charge is -2.16. The summed E-state index contributed by atoms with van der Waals surface area (Å²) in [5.74, 6) is 1.80. The van der Waals surface area contributed by atoms with Crippen molar-refractivity contribution in [1.29, 1.82) is 0 Å². The van der Waals surface area contributed by atoms with Crippen LogP contribution in [0, 0.1) is 5.92 Å². The van der Waals surface area contributed by atoms with E-state index < -0.39 is 0 Å². The third-order valence-corrected chi connectivity index (χ3v) is 4.03. The second-order valence-electron chi connectivity index (χ2n) is 4.39. The molecular formula is C13H18BrNO. The van der Waals surface area contributed by atoms with Gasteiger partial charge in [0, 0.05) is 10.5 Å². The van der Waals surface area contributed by atoms with Gasteiger partial charge in [0.15, 0.2) is 0 Å². The van der Waals surface area contributed by atoms with Crippen LogP contribution in [0.4, 0.5) is 0 Å². The van der Waals surface area contributed by atoms with Crippen molar-refractivity contribution < 1.29 is 4.74 Å². The summed E-state index contributed by atoms with van der Waals surface area (Å²) in [5, 5.41) is 3.42. The number of nitrogens with one attached hydrogen (secondary N) is 1. The van der Waals surface area contributed by atoms with E-state index >= 15 is 0 Å². The molecule has 2 nitrogen and oxygen atoms in total. The molecular weight excluding hydrogens is 266 g/mol. The summed E-state index contributed by atoms with van der Waals surface area (Å²) in [4.78, 5) is 0. The first-order valence-corrected chi connectivity index (χ1v) is 6.53. The van der Waals surface area contributed by atoms with Gasteiger partial charge < -0.3 is 10.1 Å². The highest BCUT2D eigenvalue weighted by molar-refractivity contribution is 9.10. The van der Waals surface area contributed by atoms with Crippen LogP contribution in [0.2, 0.25) is 0 Å². The van der Waals surface area contributed by atoms with Crippen LogP contribution in [0.3, 0.4) is 0 Å². The Balaban J connectivity index is 2.11. The molecule has 88 valence electrons. The van der Waals surface area contributed by atoms with Gasteiger partial charge in [-0.05, 0) is 56.0 Å². The lowest BCUT2D eigenvalue weighted by molar-refractivity contribution is 0.413. The number of halogens is 1. The molecule has 1 N–H and O–H groups in total. The van der Waals surface area contributed by atoms with Crippen molar-refractivity contribution in [2.24, 2.45) is 5.92 Å². The minimum absolute atomic E-state index is 0.600. The van der Waals surface area contributed by atoms with Gasteiger partial charge in [0.25, 0.3) is 0 Å². The molecule has 0 amide bonds. The minimum Gasteiger partial charge on any atom is -0.497 e. The van der Waals surface area contributed by atoms with Gasteiger partial charge in [0.1, 0.15) is 5.75 Å². The summed E-state index contributed by atoms with van der Waals surface area (Å²) < 4.78 is 6.44. The molecule has 0 spiro atoms. The zero-order valence-electron chi connectivity index (χ0n) is 9.79. The number of likely N-dealkylation sites (N-methyl/N-ethyl adjacent to an activating group) is 1. The smallest absolute Gasteiger partial charge is 0.119 e. The third kappa shape index (κ3) is 2.77. The Hall–Kier alpha value is -0.540. The largest absolute Gasteiger partial charge is 0.497 e. The molecule has 3 heteroatoms. The lowest BCUT2D eigenvalue weighted by atomic mass is 10.0. The topological polar surface area (TPSA) is 21.3 Å². The van der Waals surface area contributed by atoms with Gasteiger partial charge in [-0.2, -0.15) is 0 Å². The molecule has 1 aliphatic rings. The molecule has 0 saturated heterocycles. The number of hydrogen-bond donors (Lipinski definition) is 1. The highest BCUT2D eigenvalue weighted by atomic mass is 79.9. The molecule has 1 saturated carbocycles. The quantitative estimate of drug-likeness (QED) is 0.897. The predicted octanol–water partition coefficient (Wildman–Crippen LogP) is 3.00. The Morgan fingerprint density at radius 1 is 1.50 bits per heavy atom. The van der Waals surface area contributed by atoms with E-state index in [-0.39, 0.29) is 0 Å². The molecule has 0 heterocycles. The highest BCUT2D eigenvalue weighted by Gasteiger charge is 2.30. The van der Waals surface area contributed by atoms with Gasteiger partial charge in [-0.15, -0.1) is 0 Å². The second-order valence-corrected chi connectivity index (χ2v) is 5.25. The fourth-order valence-corrected chi connectivity index (χ4v) is 2.48. The van der Waals surface area contributed by atoms with Crippen LogP contribution in [0.15, 0.2) is 22.7 Å². The highest BCUT2D eigenvalue weighted by Crippen LogP contribution is 2.35. The maximum atomic E-state index is 5.26. The van der Waals surface area contributed by atoms with E-state index in [1.54, 1.807) is 7.11 Å². The van der Waals surface area contributed by atoms with Gasteiger partial charge in [-0.1, -0.05) is 15.9 Å². The Morgan fingerprint density at radius 2 is 2.25 bits per heavy atom. The van der Waals surface area contributed by atoms with E-state index in [1.807, 2.05) is 6.07 Å². The maximum Gasteiger partial charge on any atom is 0.119 e. The van der Waals surface area contributed by atoms with Crippen LogP contribution in [0.5, 0.6) is 5.75 Å². The van der Waals surface area contributed by atoms with E-state index in [0.29, 0.717) is 6.04 Å². The fourth-order valence-electron chi connectivity index (χ4n) is 2.07. The SMILES string of the molecule is CNC(Cc1cc(OC)ccc1Br)C1CC1. The molecule has 1 aromatic carbocycles. The molecule has 1 atom stereocenters.